The number of aliphatic hydroxyl groups is 2. The van der Waals surface area contributed by atoms with Gasteiger partial charge in [-0.15, -0.1) is 0 Å². The maximum atomic E-state index is 10.9. The Bertz CT molecular complexity index is 407. The van der Waals surface area contributed by atoms with Gasteiger partial charge >= 0.3 is 5.97 Å². The van der Waals surface area contributed by atoms with Crippen molar-refractivity contribution in [2.75, 3.05) is 7.11 Å². The van der Waals surface area contributed by atoms with Crippen LogP contribution in [0.15, 0.2) is 22.7 Å². The van der Waals surface area contributed by atoms with Crippen LogP contribution in [-0.4, -0.2) is 34.5 Å². The predicted octanol–water partition coefficient (Wildman–Crippen LogP) is 1.11. The molecule has 0 radical (unpaired) electrons. The largest absolute Gasteiger partial charge is 0.508 e. The summed E-state index contributed by atoms with van der Waals surface area (Å²) in [6.07, 6.45) is -3.01. The highest BCUT2D eigenvalue weighted by molar-refractivity contribution is 9.10. The summed E-state index contributed by atoms with van der Waals surface area (Å²) < 4.78 is 5.02. The monoisotopic (exact) mass is 304 g/mol. The number of carbonyl (C=O) groups is 1. The molecule has 1 aromatic rings. The van der Waals surface area contributed by atoms with Crippen molar-refractivity contribution in [3.05, 3.63) is 28.2 Å². The molecule has 0 bridgehead atoms. The van der Waals surface area contributed by atoms with Crippen LogP contribution in [0.5, 0.6) is 5.75 Å². The molecule has 17 heavy (non-hydrogen) atoms. The zero-order chi connectivity index (χ0) is 13.0. The first-order valence-corrected chi connectivity index (χ1v) is 5.66. The number of methoxy groups -OCH3 is 1. The molecule has 0 saturated heterocycles. The number of aliphatic hydroxyl groups excluding tert-OH is 2. The van der Waals surface area contributed by atoms with Gasteiger partial charge < -0.3 is 20.1 Å². The van der Waals surface area contributed by atoms with Gasteiger partial charge in [-0.3, -0.25) is 4.79 Å². The molecule has 3 N–H and O–H groups in total. The number of phenolic OH excluding ortho intramolecular Hbond substituents is 1. The van der Waals surface area contributed by atoms with Crippen molar-refractivity contribution in [2.24, 2.45) is 0 Å². The molecule has 94 valence electrons. The van der Waals surface area contributed by atoms with E-state index >= 15 is 0 Å². The number of aromatic hydroxyl groups is 1. The zero-order valence-electron chi connectivity index (χ0n) is 9.13. The van der Waals surface area contributed by atoms with Crippen molar-refractivity contribution in [3.8, 4) is 5.75 Å². The Kier molecular flexibility index (Phi) is 4.92. The average molecular weight is 305 g/mol. The van der Waals surface area contributed by atoms with Crippen molar-refractivity contribution in [1.82, 2.24) is 0 Å². The Labute approximate surface area is 107 Å². The van der Waals surface area contributed by atoms with Crippen molar-refractivity contribution >= 4 is 21.9 Å². The summed E-state index contributed by atoms with van der Waals surface area (Å²) in [6.45, 7) is 0. The summed E-state index contributed by atoms with van der Waals surface area (Å²) in [5.41, 5.74) is 0.157. The van der Waals surface area contributed by atoms with E-state index in [-0.39, 0.29) is 17.7 Å². The number of phenols is 1. The minimum atomic E-state index is -1.35. The summed E-state index contributed by atoms with van der Waals surface area (Å²) in [6, 6.07) is 4.47. The van der Waals surface area contributed by atoms with Crippen LogP contribution in [0.4, 0.5) is 0 Å². The van der Waals surface area contributed by atoms with Crippen LogP contribution in [0.25, 0.3) is 0 Å². The maximum absolute atomic E-state index is 10.9. The first kappa shape index (κ1) is 14.0. The quantitative estimate of drug-likeness (QED) is 0.726. The van der Waals surface area contributed by atoms with Gasteiger partial charge in [0, 0.05) is 10.0 Å². The molecule has 5 nitrogen and oxygen atoms in total. The lowest BCUT2D eigenvalue weighted by Gasteiger charge is -2.18. The van der Waals surface area contributed by atoms with Crippen molar-refractivity contribution < 1.29 is 24.9 Å². The topological polar surface area (TPSA) is 87.0 Å². The minimum Gasteiger partial charge on any atom is -0.508 e. The molecule has 0 amide bonds. The maximum Gasteiger partial charge on any atom is 0.308 e. The van der Waals surface area contributed by atoms with Gasteiger partial charge in [-0.1, -0.05) is 22.0 Å². The van der Waals surface area contributed by atoms with E-state index in [9.17, 15) is 20.1 Å². The number of carbonyl (C=O) groups excluding carboxylic acids is 1. The van der Waals surface area contributed by atoms with E-state index in [4.69, 9.17) is 0 Å². The standard InChI is InChI=1S/C11H13BrO5/c1-17-10(15)5-9(14)11(16)7-3-2-6(12)4-8(7)13/h2-4,9,11,13-14,16H,5H2,1H3. The van der Waals surface area contributed by atoms with Gasteiger partial charge in [-0.05, 0) is 12.1 Å². The van der Waals surface area contributed by atoms with Crippen LogP contribution >= 0.6 is 15.9 Å². The molecule has 0 aliphatic carbocycles. The molecular weight excluding hydrogens is 292 g/mol. The van der Waals surface area contributed by atoms with E-state index < -0.39 is 18.2 Å². The molecule has 1 rings (SSSR count). The van der Waals surface area contributed by atoms with Gasteiger partial charge in [0.05, 0.1) is 19.6 Å². The Hall–Kier alpha value is -1.11. The molecule has 0 aliphatic heterocycles. The number of halogens is 1. The van der Waals surface area contributed by atoms with Crippen molar-refractivity contribution in [2.45, 2.75) is 18.6 Å². The summed E-state index contributed by atoms with van der Waals surface area (Å²) in [4.78, 5) is 10.9. The lowest BCUT2D eigenvalue weighted by molar-refractivity contribution is -0.144. The molecule has 0 spiro atoms. The molecule has 0 aromatic heterocycles. The normalized spacial score (nSPS) is 14.1. The molecule has 0 heterocycles. The average Bonchev–Trinajstić information content (AvgIpc) is 2.28. The van der Waals surface area contributed by atoms with Crippen LogP contribution in [0, 0.1) is 0 Å². The van der Waals surface area contributed by atoms with E-state index in [2.05, 4.69) is 20.7 Å². The molecule has 6 heteroatoms. The summed E-state index contributed by atoms with van der Waals surface area (Å²) in [7, 11) is 1.19. The second kappa shape index (κ2) is 6.00. The third kappa shape index (κ3) is 3.69. The highest BCUT2D eigenvalue weighted by atomic mass is 79.9. The molecular formula is C11H13BrO5. The number of hydrogen-bond acceptors (Lipinski definition) is 5. The summed E-state index contributed by atoms with van der Waals surface area (Å²) in [5, 5.41) is 28.9. The predicted molar refractivity (Wildman–Crippen MR) is 63.4 cm³/mol. The van der Waals surface area contributed by atoms with E-state index in [0.717, 1.165) is 0 Å². The van der Waals surface area contributed by atoms with E-state index in [1.807, 2.05) is 0 Å². The Morgan fingerprint density at radius 2 is 2.12 bits per heavy atom. The van der Waals surface area contributed by atoms with Crippen molar-refractivity contribution in [3.63, 3.8) is 0 Å². The highest BCUT2D eigenvalue weighted by Crippen LogP contribution is 2.30. The molecule has 0 saturated carbocycles. The van der Waals surface area contributed by atoms with Gasteiger partial charge in [0.15, 0.2) is 0 Å². The Balaban J connectivity index is 2.81. The number of ether oxygens (including phenoxy) is 1. The molecule has 2 unspecified atom stereocenters. The van der Waals surface area contributed by atoms with Gasteiger partial charge in [-0.25, -0.2) is 0 Å². The van der Waals surface area contributed by atoms with E-state index in [0.29, 0.717) is 4.47 Å². The molecule has 0 fully saturated rings. The lowest BCUT2D eigenvalue weighted by Crippen LogP contribution is -2.22. The second-order valence-corrected chi connectivity index (χ2v) is 4.41. The van der Waals surface area contributed by atoms with Crippen LogP contribution in [0.2, 0.25) is 0 Å². The number of rotatable bonds is 4. The fraction of sp³-hybridized carbons (Fsp3) is 0.364. The summed E-state index contributed by atoms with van der Waals surface area (Å²) >= 11 is 3.16. The second-order valence-electron chi connectivity index (χ2n) is 3.50. The van der Waals surface area contributed by atoms with Gasteiger partial charge in [-0.2, -0.15) is 0 Å². The first-order valence-electron chi connectivity index (χ1n) is 4.87. The third-order valence-corrected chi connectivity index (χ3v) is 2.77. The van der Waals surface area contributed by atoms with Crippen LogP contribution in [0.3, 0.4) is 0 Å². The summed E-state index contributed by atoms with van der Waals surface area (Å²) in [5.74, 6) is -0.788. The first-order chi connectivity index (χ1) is 7.95. The fourth-order valence-electron chi connectivity index (χ4n) is 1.34. The molecule has 2 atom stereocenters. The van der Waals surface area contributed by atoms with Crippen LogP contribution < -0.4 is 0 Å². The highest BCUT2D eigenvalue weighted by Gasteiger charge is 2.24. The Morgan fingerprint density at radius 1 is 1.47 bits per heavy atom. The third-order valence-electron chi connectivity index (χ3n) is 2.28. The van der Waals surface area contributed by atoms with Gasteiger partial charge in [0.25, 0.3) is 0 Å². The zero-order valence-corrected chi connectivity index (χ0v) is 10.7. The van der Waals surface area contributed by atoms with Gasteiger partial charge in [0.1, 0.15) is 11.9 Å². The molecule has 1 aromatic carbocycles. The number of esters is 1. The SMILES string of the molecule is COC(=O)CC(O)C(O)c1ccc(Br)cc1O. The van der Waals surface area contributed by atoms with Crippen molar-refractivity contribution in [1.29, 1.82) is 0 Å². The number of hydrogen-bond donors (Lipinski definition) is 3. The van der Waals surface area contributed by atoms with Gasteiger partial charge in [0.2, 0.25) is 0 Å². The number of benzene rings is 1. The van der Waals surface area contributed by atoms with E-state index in [1.54, 1.807) is 6.07 Å². The smallest absolute Gasteiger partial charge is 0.308 e. The van der Waals surface area contributed by atoms with Crippen LogP contribution in [0.1, 0.15) is 18.1 Å². The fourth-order valence-corrected chi connectivity index (χ4v) is 1.69. The lowest BCUT2D eigenvalue weighted by atomic mass is 10.0. The molecule has 0 aliphatic rings. The van der Waals surface area contributed by atoms with Crippen LogP contribution in [-0.2, 0) is 9.53 Å². The Morgan fingerprint density at radius 3 is 2.65 bits per heavy atom. The van der Waals surface area contributed by atoms with E-state index in [1.165, 1.54) is 19.2 Å². The minimum absolute atomic E-state index is 0.157.